The molecule has 12 atom stereocenters. The highest BCUT2D eigenvalue weighted by Gasteiger charge is 2.46. The van der Waals surface area contributed by atoms with Gasteiger partial charge in [-0.15, -0.1) is 0 Å². The zero-order chi connectivity index (χ0) is 65.4. The van der Waals surface area contributed by atoms with Gasteiger partial charge in [0.25, 0.3) is 0 Å². The minimum absolute atomic E-state index is 0.0923. The molecule has 2 aliphatic heterocycles. The van der Waals surface area contributed by atoms with Gasteiger partial charge < -0.3 is 55.0 Å². The third-order valence-corrected chi connectivity index (χ3v) is 17.0. The molecule has 22 nitrogen and oxygen atoms in total. The van der Waals surface area contributed by atoms with Crippen LogP contribution in [0.25, 0.3) is 0 Å². The van der Waals surface area contributed by atoms with Gasteiger partial charge in [-0.2, -0.15) is 0 Å². The molecule has 0 saturated carbocycles. The maximum absolute atomic E-state index is 15.3. The summed E-state index contributed by atoms with van der Waals surface area (Å²) in [6.45, 7) is 28.8. The molecule has 2 rings (SSSR count). The van der Waals surface area contributed by atoms with Gasteiger partial charge in [0.05, 0.1) is 18.7 Å². The molecule has 0 aromatic rings. The van der Waals surface area contributed by atoms with Crippen LogP contribution in [0.2, 0.25) is 0 Å². The molecule has 3 N–H and O–H groups in total. The molecule has 85 heavy (non-hydrogen) atoms. The lowest BCUT2D eigenvalue weighted by molar-refractivity contribution is -0.158. The average molecular weight is 1200 g/mol. The van der Waals surface area contributed by atoms with E-state index in [0.29, 0.717) is 13.0 Å². The van der Waals surface area contributed by atoms with Crippen LogP contribution < -0.4 is 16.0 Å². The van der Waals surface area contributed by atoms with Crippen molar-refractivity contribution in [1.29, 1.82) is 0 Å². The molecule has 0 aromatic carbocycles. The number of likely N-dealkylation sites (N-methyl/N-ethyl adjacent to an activating group) is 7. The maximum atomic E-state index is 15.3. The largest absolute Gasteiger partial charge is 0.375 e. The molecule has 0 radical (unpaired) electrons. The zero-order valence-corrected chi connectivity index (χ0v) is 56.2. The highest BCUT2D eigenvalue weighted by molar-refractivity contribution is 5.99. The van der Waals surface area contributed by atoms with Crippen molar-refractivity contribution in [2.45, 2.75) is 229 Å². The van der Waals surface area contributed by atoms with Crippen LogP contribution in [0, 0.1) is 47.3 Å². The number of nitrogens with one attached hydrogen (secondary N) is 3. The van der Waals surface area contributed by atoms with E-state index in [-0.39, 0.29) is 68.1 Å². The van der Waals surface area contributed by atoms with E-state index in [1.54, 1.807) is 41.5 Å². The molecule has 0 aliphatic carbocycles. The molecule has 2 saturated heterocycles. The molecule has 0 bridgehead atoms. The van der Waals surface area contributed by atoms with E-state index in [9.17, 15) is 33.6 Å². The van der Waals surface area contributed by atoms with Crippen molar-refractivity contribution in [3.63, 3.8) is 0 Å². The number of rotatable bonds is 12. The van der Waals surface area contributed by atoms with Crippen molar-refractivity contribution in [2.24, 2.45) is 47.3 Å². The molecule has 0 spiro atoms. The monoisotopic (exact) mass is 1200 g/mol. The third-order valence-electron chi connectivity index (χ3n) is 17.0. The van der Waals surface area contributed by atoms with Crippen LogP contribution in [0.4, 0.5) is 0 Å². The zero-order valence-electron chi connectivity index (χ0n) is 56.2. The van der Waals surface area contributed by atoms with Crippen LogP contribution in [0.1, 0.15) is 169 Å². The molecule has 22 heteroatoms. The van der Waals surface area contributed by atoms with Crippen molar-refractivity contribution in [1.82, 2.24) is 50.2 Å². The molecule has 2 heterocycles. The van der Waals surface area contributed by atoms with E-state index in [4.69, 9.17) is 4.74 Å². The maximum Gasteiger partial charge on any atom is 0.246 e. The Bertz CT molecular complexity index is 2310. The number of carbonyl (C=O) groups excluding carboxylic acids is 11. The van der Waals surface area contributed by atoms with Gasteiger partial charge in [0.15, 0.2) is 5.78 Å². The first-order valence-electron chi connectivity index (χ1n) is 31.2. The first kappa shape index (κ1) is 75.4. The van der Waals surface area contributed by atoms with Gasteiger partial charge in [0.2, 0.25) is 59.1 Å². The van der Waals surface area contributed by atoms with Crippen LogP contribution >= 0.6 is 0 Å². The number of amides is 10. The first-order chi connectivity index (χ1) is 39.3. The van der Waals surface area contributed by atoms with Gasteiger partial charge in [0, 0.05) is 68.3 Å². The molecule has 0 unspecified atom stereocenters. The van der Waals surface area contributed by atoms with E-state index in [1.165, 1.54) is 90.6 Å². The van der Waals surface area contributed by atoms with E-state index in [2.05, 4.69) is 16.0 Å². The summed E-state index contributed by atoms with van der Waals surface area (Å²) >= 11 is 0. The van der Waals surface area contributed by atoms with Gasteiger partial charge in [-0.25, -0.2) is 0 Å². The summed E-state index contributed by atoms with van der Waals surface area (Å²) in [5, 5.41) is 8.56. The summed E-state index contributed by atoms with van der Waals surface area (Å²) in [4.78, 5) is 170. The van der Waals surface area contributed by atoms with Gasteiger partial charge in [-0.05, 0) is 93.3 Å². The average Bonchev–Trinajstić information content (AvgIpc) is 2.75. The lowest BCUT2D eigenvalue weighted by atomic mass is 9.91. The number of hydrogen-bond acceptors (Lipinski definition) is 12. The third kappa shape index (κ3) is 20.7. The number of hydrogen-bond donors (Lipinski definition) is 3. The smallest absolute Gasteiger partial charge is 0.246 e. The Morgan fingerprint density at radius 2 is 0.941 bits per heavy atom. The Morgan fingerprint density at radius 1 is 0.482 bits per heavy atom. The van der Waals surface area contributed by atoms with Crippen molar-refractivity contribution < 1.29 is 57.5 Å². The van der Waals surface area contributed by atoms with Gasteiger partial charge in [-0.1, -0.05) is 110 Å². The summed E-state index contributed by atoms with van der Waals surface area (Å²) in [5.41, 5.74) is 0. The van der Waals surface area contributed by atoms with Gasteiger partial charge in [-0.3, -0.25) is 52.7 Å². The Kier molecular flexibility index (Phi) is 30.2. The highest BCUT2D eigenvalue weighted by Crippen LogP contribution is 2.29. The normalized spacial score (nSPS) is 29.1. The minimum atomic E-state index is -1.29. The second kappa shape index (κ2) is 34.0. The van der Waals surface area contributed by atoms with Crippen LogP contribution in [-0.4, -0.2) is 222 Å². The Labute approximate surface area is 509 Å². The van der Waals surface area contributed by atoms with Crippen LogP contribution in [0.15, 0.2) is 0 Å². The quantitative estimate of drug-likeness (QED) is 0.242. The Balaban J connectivity index is 2.96. The number of Topliss-reactive ketones (excluding diaryl/α,β-unsaturated/α-hetero) is 1. The van der Waals surface area contributed by atoms with E-state index in [1.807, 2.05) is 62.3 Å². The predicted molar refractivity (Wildman–Crippen MR) is 328 cm³/mol. The van der Waals surface area contributed by atoms with Gasteiger partial charge >= 0.3 is 0 Å². The number of carbonyl (C=O) groups is 11. The molecule has 10 amide bonds. The fourth-order valence-corrected chi connectivity index (χ4v) is 11.6. The van der Waals surface area contributed by atoms with Crippen LogP contribution in [0.3, 0.4) is 0 Å². The second-order valence-corrected chi connectivity index (χ2v) is 27.0. The SMILES string of the molecule is CC[C@H]1NC(=O)[C@@H]([C@@H]2OCCCC[C@H]2C)N(C)C(=O)[C@@H](C(C)C)N(C)C(=O)[C@@H](CC(C)C)N(C)C(=O)[C@H](CC(C)C)N(C)C(=O)[C@H](C)CC(=O)[C@@H](C)NC(=O)[C@@H](CC(C)C)N(C)C(=O)[C@@H](C(C)C)NC(=O)[C@H](CC(C)C)N(C)C(=O)CN(C)C1=O. The second-order valence-electron chi connectivity index (χ2n) is 27.0. The minimum Gasteiger partial charge on any atom is -0.375 e. The highest BCUT2D eigenvalue weighted by atomic mass is 16.5. The van der Waals surface area contributed by atoms with E-state index in [0.717, 1.165) is 12.8 Å². The summed E-state index contributed by atoms with van der Waals surface area (Å²) in [6, 6.07) is -10.3. The van der Waals surface area contributed by atoms with E-state index < -0.39 is 150 Å². The number of ketones is 1. The molecule has 2 aliphatic rings. The predicted octanol–water partition coefficient (Wildman–Crippen LogP) is 4.60. The Morgan fingerprint density at radius 3 is 1.42 bits per heavy atom. The van der Waals surface area contributed by atoms with Crippen LogP contribution in [-0.2, 0) is 57.5 Å². The van der Waals surface area contributed by atoms with Crippen molar-refractivity contribution in [3.05, 3.63) is 0 Å². The lowest BCUT2D eigenvalue weighted by Gasteiger charge is -2.42. The van der Waals surface area contributed by atoms with Gasteiger partial charge in [0.1, 0.15) is 48.3 Å². The molecule has 486 valence electrons. The summed E-state index contributed by atoms with van der Waals surface area (Å²) in [5.74, 6) is -8.99. The number of nitrogens with zero attached hydrogens (tertiary/aromatic N) is 7. The van der Waals surface area contributed by atoms with Crippen molar-refractivity contribution in [2.75, 3.05) is 62.5 Å². The summed E-state index contributed by atoms with van der Waals surface area (Å²) < 4.78 is 6.41. The van der Waals surface area contributed by atoms with Crippen molar-refractivity contribution >= 4 is 64.9 Å². The number of ether oxygens (including phenoxy) is 1. The molecular formula is C63H112N10O12. The first-order valence-corrected chi connectivity index (χ1v) is 31.2. The molecular weight excluding hydrogens is 1090 g/mol. The summed E-state index contributed by atoms with van der Waals surface area (Å²) in [7, 11) is 10.3. The Hall–Kier alpha value is -5.67. The van der Waals surface area contributed by atoms with Crippen molar-refractivity contribution in [3.8, 4) is 0 Å². The standard InChI is InChI=1S/C63H112N10O12/c1-24-44-59(80)67(17)34-50(75)68(18)45(29-35(2)3)56(77)66-51(39(10)11)62(83)69(19)46(30-36(4)5)55(76)64-43(16)49(74)33-42(15)58(79)70(20)47(31-37(6)7)60(81)71(21)48(32-38(8)9)61(82)72(22)52(40(12)13)63(84)73(23)53(57(78)65-44)54-41(14)27-25-26-28-85-54/h35-48,51-54H,24-34H2,1-23H3,(H,64,76)(H,65,78)(H,66,77)/t41-,42-,43-,44-,45+,46-,47+,48-,51-,52-,53-,54-/m1/s1. The molecule has 2 fully saturated rings. The summed E-state index contributed by atoms with van der Waals surface area (Å²) in [6.07, 6.45) is 1.95. The lowest BCUT2D eigenvalue weighted by Crippen LogP contribution is -2.63. The fraction of sp³-hybridized carbons (Fsp3) is 0.825. The fourth-order valence-electron chi connectivity index (χ4n) is 11.6. The topological polar surface area (TPSA) is 256 Å². The van der Waals surface area contributed by atoms with E-state index >= 15 is 19.2 Å². The van der Waals surface area contributed by atoms with Crippen LogP contribution in [0.5, 0.6) is 0 Å². The molecule has 0 aromatic heterocycles.